The van der Waals surface area contributed by atoms with Gasteiger partial charge in [0.25, 0.3) is 5.56 Å². The monoisotopic (exact) mass is 540 g/mol. The van der Waals surface area contributed by atoms with Crippen molar-refractivity contribution in [3.05, 3.63) is 64.1 Å². The van der Waals surface area contributed by atoms with Gasteiger partial charge in [-0.15, -0.1) is 0 Å². The van der Waals surface area contributed by atoms with Crippen molar-refractivity contribution in [3.63, 3.8) is 0 Å². The quantitative estimate of drug-likeness (QED) is 0.452. The van der Waals surface area contributed by atoms with Gasteiger partial charge in [-0.3, -0.25) is 19.2 Å². The van der Waals surface area contributed by atoms with Gasteiger partial charge in [-0.25, -0.2) is 4.98 Å². The summed E-state index contributed by atoms with van der Waals surface area (Å²) in [6.07, 6.45) is 2.53. The molecule has 208 valence electrons. The van der Waals surface area contributed by atoms with Crippen LogP contribution in [0.3, 0.4) is 0 Å². The molecule has 4 heterocycles. The summed E-state index contributed by atoms with van der Waals surface area (Å²) in [5.41, 5.74) is 0.853. The first kappa shape index (κ1) is 26.3. The highest BCUT2D eigenvalue weighted by Gasteiger charge is 2.37. The van der Waals surface area contributed by atoms with Gasteiger partial charge in [0.2, 0.25) is 5.95 Å². The fourth-order valence-corrected chi connectivity index (χ4v) is 6.27. The lowest BCUT2D eigenvalue weighted by Crippen LogP contribution is -2.59. The van der Waals surface area contributed by atoms with Crippen molar-refractivity contribution in [2.45, 2.75) is 69.9 Å². The van der Waals surface area contributed by atoms with E-state index < -0.39 is 11.7 Å². The van der Waals surface area contributed by atoms with Crippen molar-refractivity contribution in [3.8, 4) is 0 Å². The third-order valence-corrected chi connectivity index (χ3v) is 8.57. The maximum atomic E-state index is 13.3. The number of pyridine rings is 1. The molecule has 2 saturated heterocycles. The van der Waals surface area contributed by atoms with Gasteiger partial charge in [-0.05, 0) is 75.0 Å². The molecule has 10 heteroatoms. The summed E-state index contributed by atoms with van der Waals surface area (Å²) in [5.74, 6) is 0.762. The van der Waals surface area contributed by atoms with Gasteiger partial charge >= 0.3 is 6.18 Å². The van der Waals surface area contributed by atoms with E-state index in [4.69, 9.17) is 4.98 Å². The van der Waals surface area contributed by atoms with Crippen molar-refractivity contribution in [2.75, 3.05) is 37.6 Å². The highest BCUT2D eigenvalue weighted by atomic mass is 19.4. The average Bonchev–Trinajstić information content (AvgIpc) is 3.78. The topological polar surface area (TPSA) is 57.5 Å². The lowest BCUT2D eigenvalue weighted by atomic mass is 9.98. The van der Waals surface area contributed by atoms with Crippen LogP contribution in [-0.2, 0) is 12.7 Å². The van der Waals surface area contributed by atoms with Crippen LogP contribution in [0.25, 0.3) is 11.0 Å². The van der Waals surface area contributed by atoms with Crippen molar-refractivity contribution >= 4 is 17.0 Å². The number of nitrogens with zero attached hydrogens (tertiary/aromatic N) is 6. The van der Waals surface area contributed by atoms with E-state index in [0.29, 0.717) is 29.7 Å². The lowest BCUT2D eigenvalue weighted by molar-refractivity contribution is -0.137. The molecular formula is C29H35F3N6O. The standard InChI is InChI=1S/C29H35F3N6O/c1-2-22-19-36(28-34-26-25(4-3-13-33-26)27(39)38(28)24-9-10-24)16-17-37(22)23-11-14-35(15-12-23)18-20-5-7-21(8-6-20)29(30,31)32/h3-8,13,22-24H,2,9-12,14-19H2,1H3/t22-/m0/s1. The van der Waals surface area contributed by atoms with Crippen LogP contribution in [0.5, 0.6) is 0 Å². The number of piperidine rings is 1. The minimum atomic E-state index is -4.30. The maximum Gasteiger partial charge on any atom is 0.416 e. The van der Waals surface area contributed by atoms with E-state index in [2.05, 4.69) is 26.6 Å². The number of anilines is 1. The van der Waals surface area contributed by atoms with E-state index in [9.17, 15) is 18.0 Å². The molecule has 3 aliphatic rings. The van der Waals surface area contributed by atoms with Crippen LogP contribution in [0, 0.1) is 0 Å². The van der Waals surface area contributed by atoms with Crippen LogP contribution in [0.15, 0.2) is 47.4 Å². The van der Waals surface area contributed by atoms with E-state index in [-0.39, 0.29) is 11.6 Å². The Morgan fingerprint density at radius 1 is 0.949 bits per heavy atom. The summed E-state index contributed by atoms with van der Waals surface area (Å²) < 4.78 is 40.5. The number of hydrogen-bond acceptors (Lipinski definition) is 6. The fraction of sp³-hybridized carbons (Fsp3) is 0.552. The first-order valence-electron chi connectivity index (χ1n) is 14.1. The number of fused-ring (bicyclic) bond motifs is 1. The number of hydrogen-bond donors (Lipinski definition) is 0. The average molecular weight is 541 g/mol. The Balaban J connectivity index is 1.11. The van der Waals surface area contributed by atoms with E-state index in [0.717, 1.165) is 76.3 Å². The maximum absolute atomic E-state index is 13.3. The highest BCUT2D eigenvalue weighted by molar-refractivity contribution is 5.74. The summed E-state index contributed by atoms with van der Waals surface area (Å²) in [7, 11) is 0. The van der Waals surface area contributed by atoms with E-state index in [1.165, 1.54) is 12.1 Å². The Morgan fingerprint density at radius 2 is 1.69 bits per heavy atom. The normalized spacial score (nSPS) is 22.1. The van der Waals surface area contributed by atoms with E-state index in [1.807, 2.05) is 10.6 Å². The second-order valence-electron chi connectivity index (χ2n) is 11.1. The lowest BCUT2D eigenvalue weighted by Gasteiger charge is -2.47. The SMILES string of the molecule is CC[C@H]1CN(c2nc3ncccc3c(=O)n2C2CC2)CCN1C1CCN(Cc2ccc(C(F)(F)F)cc2)CC1. The molecule has 1 atom stereocenters. The molecule has 1 aromatic carbocycles. The molecule has 2 aliphatic heterocycles. The Bertz CT molecular complexity index is 1360. The number of aromatic nitrogens is 3. The number of benzene rings is 1. The molecule has 0 unspecified atom stereocenters. The van der Waals surface area contributed by atoms with Crippen LogP contribution in [0.4, 0.5) is 19.1 Å². The molecule has 1 saturated carbocycles. The minimum absolute atomic E-state index is 0.0153. The van der Waals surface area contributed by atoms with Crippen LogP contribution in [0.2, 0.25) is 0 Å². The molecule has 0 N–H and O–H groups in total. The molecule has 0 spiro atoms. The Labute approximate surface area is 226 Å². The van der Waals surface area contributed by atoms with Crippen LogP contribution in [0.1, 0.15) is 56.2 Å². The molecule has 0 radical (unpaired) electrons. The van der Waals surface area contributed by atoms with Crippen molar-refractivity contribution < 1.29 is 13.2 Å². The second-order valence-corrected chi connectivity index (χ2v) is 11.1. The Hall–Kier alpha value is -2.98. The molecule has 3 fully saturated rings. The predicted molar refractivity (Wildman–Crippen MR) is 145 cm³/mol. The second kappa shape index (κ2) is 10.5. The number of piperazine rings is 1. The molecule has 3 aromatic rings. The zero-order valence-electron chi connectivity index (χ0n) is 22.3. The molecule has 2 aromatic heterocycles. The smallest absolute Gasteiger partial charge is 0.339 e. The molecule has 1 aliphatic carbocycles. The number of halogens is 3. The molecule has 6 rings (SSSR count). The summed E-state index contributed by atoms with van der Waals surface area (Å²) in [6.45, 7) is 7.34. The number of alkyl halides is 3. The van der Waals surface area contributed by atoms with Crippen LogP contribution in [-0.4, -0.2) is 69.1 Å². The van der Waals surface area contributed by atoms with Crippen LogP contribution >= 0.6 is 0 Å². The summed E-state index contributed by atoms with van der Waals surface area (Å²) >= 11 is 0. The molecular weight excluding hydrogens is 505 g/mol. The first-order chi connectivity index (χ1) is 18.8. The number of likely N-dealkylation sites (tertiary alicyclic amines) is 1. The van der Waals surface area contributed by atoms with Crippen LogP contribution < -0.4 is 10.5 Å². The molecule has 0 amide bonds. The van der Waals surface area contributed by atoms with Crippen molar-refractivity contribution in [1.82, 2.24) is 24.3 Å². The largest absolute Gasteiger partial charge is 0.416 e. The molecule has 0 bridgehead atoms. The van der Waals surface area contributed by atoms with Gasteiger partial charge in [-0.1, -0.05) is 19.1 Å². The zero-order valence-corrected chi connectivity index (χ0v) is 22.3. The van der Waals surface area contributed by atoms with Crippen molar-refractivity contribution in [1.29, 1.82) is 0 Å². The van der Waals surface area contributed by atoms with Gasteiger partial charge in [-0.2, -0.15) is 18.2 Å². The van der Waals surface area contributed by atoms with Gasteiger partial charge < -0.3 is 4.90 Å². The number of rotatable bonds is 6. The molecule has 7 nitrogen and oxygen atoms in total. The van der Waals surface area contributed by atoms with E-state index >= 15 is 0 Å². The van der Waals surface area contributed by atoms with E-state index in [1.54, 1.807) is 24.4 Å². The summed E-state index contributed by atoms with van der Waals surface area (Å²) in [5, 5.41) is 0.585. The van der Waals surface area contributed by atoms with Gasteiger partial charge in [0.05, 0.1) is 10.9 Å². The third kappa shape index (κ3) is 5.41. The predicted octanol–water partition coefficient (Wildman–Crippen LogP) is 4.71. The summed E-state index contributed by atoms with van der Waals surface area (Å²) in [4.78, 5) is 29.9. The van der Waals surface area contributed by atoms with Gasteiger partial charge in [0, 0.05) is 50.5 Å². The molecule has 39 heavy (non-hydrogen) atoms. The first-order valence-corrected chi connectivity index (χ1v) is 14.1. The Morgan fingerprint density at radius 3 is 2.36 bits per heavy atom. The minimum Gasteiger partial charge on any atom is -0.339 e. The fourth-order valence-electron chi connectivity index (χ4n) is 6.27. The zero-order chi connectivity index (χ0) is 27.1. The third-order valence-electron chi connectivity index (χ3n) is 8.57. The Kier molecular flexibility index (Phi) is 7.09. The van der Waals surface area contributed by atoms with Crippen molar-refractivity contribution in [2.24, 2.45) is 0 Å². The van der Waals surface area contributed by atoms with Gasteiger partial charge in [0.1, 0.15) is 0 Å². The summed E-state index contributed by atoms with van der Waals surface area (Å²) in [6, 6.07) is 10.2. The highest BCUT2D eigenvalue weighted by Crippen LogP contribution is 2.37. The van der Waals surface area contributed by atoms with Gasteiger partial charge in [0.15, 0.2) is 5.65 Å².